The fraction of sp³-hybridized carbons (Fsp3) is 0.667. The average molecular weight is 296 g/mol. The first-order valence-corrected chi connectivity index (χ1v) is 6.98. The van der Waals surface area contributed by atoms with E-state index in [2.05, 4.69) is 0 Å². The number of aliphatic hydroxyl groups is 1. The van der Waals surface area contributed by atoms with Gasteiger partial charge in [0, 0.05) is 11.5 Å². The molecule has 1 saturated carbocycles. The molecule has 0 heterocycles. The molecular weight excluding hydrogens is 276 g/mol. The minimum absolute atomic E-state index is 0.159. The van der Waals surface area contributed by atoms with Gasteiger partial charge in [0.2, 0.25) is 0 Å². The lowest BCUT2D eigenvalue weighted by atomic mass is 9.68. The zero-order chi connectivity index (χ0) is 15.7. The van der Waals surface area contributed by atoms with Crippen molar-refractivity contribution in [2.45, 2.75) is 37.7 Å². The molecule has 0 amide bonds. The summed E-state index contributed by atoms with van der Waals surface area (Å²) in [6.07, 6.45) is 3.74. The van der Waals surface area contributed by atoms with Crippen LogP contribution in [-0.2, 0) is 23.9 Å². The third kappa shape index (κ3) is 2.18. The van der Waals surface area contributed by atoms with Crippen molar-refractivity contribution < 1.29 is 29.0 Å². The van der Waals surface area contributed by atoms with E-state index < -0.39 is 28.9 Å². The first-order chi connectivity index (χ1) is 9.95. The van der Waals surface area contributed by atoms with E-state index in [1.165, 1.54) is 14.2 Å². The predicted molar refractivity (Wildman–Crippen MR) is 72.1 cm³/mol. The quantitative estimate of drug-likeness (QED) is 0.611. The number of esters is 2. The van der Waals surface area contributed by atoms with Gasteiger partial charge in [-0.2, -0.15) is 0 Å². The topological polar surface area (TPSA) is 89.9 Å². The van der Waals surface area contributed by atoms with E-state index in [4.69, 9.17) is 9.47 Å². The number of hydrogen-bond donors (Lipinski definition) is 1. The molecule has 2 aliphatic rings. The molecule has 0 aromatic rings. The highest BCUT2D eigenvalue weighted by Gasteiger charge is 2.64. The highest BCUT2D eigenvalue weighted by atomic mass is 16.5. The van der Waals surface area contributed by atoms with E-state index >= 15 is 0 Å². The Labute approximate surface area is 123 Å². The third-order valence-corrected chi connectivity index (χ3v) is 4.98. The molecule has 0 spiro atoms. The molecule has 0 aromatic carbocycles. The maximum absolute atomic E-state index is 12.3. The molecule has 0 radical (unpaired) electrons. The number of rotatable bonds is 3. The van der Waals surface area contributed by atoms with Crippen LogP contribution in [0.5, 0.6) is 0 Å². The van der Waals surface area contributed by atoms with E-state index in [1.54, 1.807) is 6.08 Å². The summed E-state index contributed by atoms with van der Waals surface area (Å²) in [5.74, 6) is -1.63. The Balaban J connectivity index is 2.45. The molecule has 116 valence electrons. The van der Waals surface area contributed by atoms with E-state index in [9.17, 15) is 19.5 Å². The van der Waals surface area contributed by atoms with Crippen LogP contribution >= 0.6 is 0 Å². The molecule has 0 saturated heterocycles. The lowest BCUT2D eigenvalue weighted by molar-refractivity contribution is -0.173. The van der Waals surface area contributed by atoms with E-state index in [-0.39, 0.29) is 19.3 Å². The average Bonchev–Trinajstić information content (AvgIpc) is 2.69. The van der Waals surface area contributed by atoms with Gasteiger partial charge in [-0.3, -0.25) is 4.79 Å². The second kappa shape index (κ2) is 5.60. The van der Waals surface area contributed by atoms with E-state index in [1.807, 2.05) is 0 Å². The van der Waals surface area contributed by atoms with Crippen molar-refractivity contribution in [3.63, 3.8) is 0 Å². The van der Waals surface area contributed by atoms with Gasteiger partial charge in [-0.25, -0.2) is 4.79 Å². The number of fused-ring (bicyclic) bond motifs is 1. The van der Waals surface area contributed by atoms with Gasteiger partial charge < -0.3 is 19.4 Å². The first kappa shape index (κ1) is 15.7. The minimum Gasteiger partial charge on any atom is -0.468 e. The molecule has 0 bridgehead atoms. The molecule has 0 aromatic heterocycles. The fourth-order valence-corrected chi connectivity index (χ4v) is 3.69. The summed E-state index contributed by atoms with van der Waals surface area (Å²) in [5.41, 5.74) is -2.22. The molecular formula is C15H20O6. The summed E-state index contributed by atoms with van der Waals surface area (Å²) >= 11 is 0. The number of carbonyl (C=O) groups is 3. The Morgan fingerprint density at radius 3 is 2.62 bits per heavy atom. The van der Waals surface area contributed by atoms with Crippen LogP contribution in [0.15, 0.2) is 11.6 Å². The molecule has 1 N–H and O–H groups in total. The first-order valence-electron chi connectivity index (χ1n) is 6.98. The van der Waals surface area contributed by atoms with Crippen LogP contribution in [0.2, 0.25) is 0 Å². The van der Waals surface area contributed by atoms with Crippen molar-refractivity contribution in [2.24, 2.45) is 11.3 Å². The third-order valence-electron chi connectivity index (χ3n) is 4.98. The smallest absolute Gasteiger partial charge is 0.333 e. The number of ether oxygens (including phenoxy) is 2. The van der Waals surface area contributed by atoms with Gasteiger partial charge in [0.15, 0.2) is 0 Å². The van der Waals surface area contributed by atoms with Gasteiger partial charge >= 0.3 is 11.9 Å². The summed E-state index contributed by atoms with van der Waals surface area (Å²) in [4.78, 5) is 35.3. The molecule has 6 heteroatoms. The Morgan fingerprint density at radius 2 is 2.05 bits per heavy atom. The van der Waals surface area contributed by atoms with E-state index in [0.717, 1.165) is 0 Å². The van der Waals surface area contributed by atoms with Crippen LogP contribution in [0.1, 0.15) is 32.1 Å². The second-order valence-electron chi connectivity index (χ2n) is 5.70. The van der Waals surface area contributed by atoms with E-state index in [0.29, 0.717) is 24.7 Å². The number of allylic oxidation sites excluding steroid dienone is 1. The van der Waals surface area contributed by atoms with Crippen LogP contribution in [0.3, 0.4) is 0 Å². The fourth-order valence-electron chi connectivity index (χ4n) is 3.69. The minimum atomic E-state index is -1.48. The standard InChI is InChI=1S/C15H20O6/c1-20-12(17)10-3-6-14(13(18)21-2)7-5-11(9-16)15(14,19)8-4-10/h3,9,11,19H,4-8H2,1-2H3/t11-,14+,15-/m0/s1. The molecule has 0 aliphatic heterocycles. The Morgan fingerprint density at radius 1 is 1.33 bits per heavy atom. The van der Waals surface area contributed by atoms with Gasteiger partial charge in [-0.05, 0) is 32.1 Å². The van der Waals surface area contributed by atoms with Crippen molar-refractivity contribution >= 4 is 18.2 Å². The van der Waals surface area contributed by atoms with Crippen molar-refractivity contribution in [3.05, 3.63) is 11.6 Å². The van der Waals surface area contributed by atoms with Gasteiger partial charge in [-0.1, -0.05) is 6.08 Å². The van der Waals surface area contributed by atoms with Crippen LogP contribution in [0.25, 0.3) is 0 Å². The summed E-state index contributed by atoms with van der Waals surface area (Å²) in [5, 5.41) is 11.1. The summed E-state index contributed by atoms with van der Waals surface area (Å²) < 4.78 is 9.57. The van der Waals surface area contributed by atoms with Gasteiger partial charge in [-0.15, -0.1) is 0 Å². The number of hydrogen-bond acceptors (Lipinski definition) is 6. The number of aldehydes is 1. The number of methoxy groups -OCH3 is 2. The number of carbonyl (C=O) groups excluding carboxylic acids is 3. The highest BCUT2D eigenvalue weighted by Crippen LogP contribution is 2.56. The zero-order valence-electron chi connectivity index (χ0n) is 12.3. The Hall–Kier alpha value is -1.69. The molecule has 21 heavy (non-hydrogen) atoms. The van der Waals surface area contributed by atoms with Crippen molar-refractivity contribution in [1.82, 2.24) is 0 Å². The van der Waals surface area contributed by atoms with Crippen molar-refractivity contribution in [2.75, 3.05) is 14.2 Å². The largest absolute Gasteiger partial charge is 0.468 e. The monoisotopic (exact) mass is 296 g/mol. The molecule has 2 aliphatic carbocycles. The summed E-state index contributed by atoms with van der Waals surface area (Å²) in [7, 11) is 2.55. The van der Waals surface area contributed by atoms with Crippen LogP contribution < -0.4 is 0 Å². The van der Waals surface area contributed by atoms with Crippen LogP contribution in [-0.4, -0.2) is 43.2 Å². The van der Waals surface area contributed by atoms with Gasteiger partial charge in [0.25, 0.3) is 0 Å². The maximum atomic E-state index is 12.3. The maximum Gasteiger partial charge on any atom is 0.333 e. The summed E-state index contributed by atoms with van der Waals surface area (Å²) in [6, 6.07) is 0. The molecule has 0 unspecified atom stereocenters. The van der Waals surface area contributed by atoms with Gasteiger partial charge in [0.05, 0.1) is 19.8 Å². The second-order valence-corrected chi connectivity index (χ2v) is 5.70. The Bertz CT molecular complexity index is 496. The lowest BCUT2D eigenvalue weighted by Gasteiger charge is -2.40. The highest BCUT2D eigenvalue weighted by molar-refractivity contribution is 5.89. The van der Waals surface area contributed by atoms with Crippen LogP contribution in [0.4, 0.5) is 0 Å². The predicted octanol–water partition coefficient (Wildman–Crippen LogP) is 0.769. The van der Waals surface area contributed by atoms with Crippen molar-refractivity contribution in [1.29, 1.82) is 0 Å². The van der Waals surface area contributed by atoms with Gasteiger partial charge in [0.1, 0.15) is 11.7 Å². The molecule has 3 atom stereocenters. The Kier molecular flexibility index (Phi) is 4.18. The molecule has 2 rings (SSSR count). The zero-order valence-corrected chi connectivity index (χ0v) is 12.3. The molecule has 1 fully saturated rings. The molecule has 6 nitrogen and oxygen atoms in total. The lowest BCUT2D eigenvalue weighted by Crippen LogP contribution is -2.53. The summed E-state index contributed by atoms with van der Waals surface area (Å²) in [6.45, 7) is 0. The normalized spacial score (nSPS) is 35.2. The SMILES string of the molecule is COC(=O)C1=CC[C@]2(C(=O)OC)CC[C@@H](C=O)[C@@]2(O)CC1. The van der Waals surface area contributed by atoms with Crippen molar-refractivity contribution in [3.8, 4) is 0 Å². The van der Waals surface area contributed by atoms with Crippen LogP contribution in [0, 0.1) is 11.3 Å².